The highest BCUT2D eigenvalue weighted by atomic mass is 15.1. The number of nitrogens with zero attached hydrogens (tertiary/aromatic N) is 1. The van der Waals surface area contributed by atoms with Crippen molar-refractivity contribution in [1.82, 2.24) is 4.90 Å². The van der Waals surface area contributed by atoms with Crippen LogP contribution in [0.5, 0.6) is 0 Å². The molecule has 1 aliphatic carbocycles. The molecule has 0 aromatic carbocycles. The smallest absolute Gasteiger partial charge is 0.0166 e. The molecule has 17 heavy (non-hydrogen) atoms. The summed E-state index contributed by atoms with van der Waals surface area (Å²) in [6, 6.07) is 0. The highest BCUT2D eigenvalue weighted by Crippen LogP contribution is 2.32. The SMILES string of the molecule is CC1(C)CCN(CCC2(N)CCCCC2)CC1. The summed E-state index contributed by atoms with van der Waals surface area (Å²) in [5.41, 5.74) is 7.25. The molecule has 2 heteroatoms. The summed E-state index contributed by atoms with van der Waals surface area (Å²) in [5.74, 6) is 0. The summed E-state index contributed by atoms with van der Waals surface area (Å²) in [7, 11) is 0. The van der Waals surface area contributed by atoms with Crippen LogP contribution < -0.4 is 5.73 Å². The topological polar surface area (TPSA) is 29.3 Å². The van der Waals surface area contributed by atoms with Crippen LogP contribution in [0.15, 0.2) is 0 Å². The Morgan fingerprint density at radius 2 is 1.53 bits per heavy atom. The summed E-state index contributed by atoms with van der Waals surface area (Å²) in [4.78, 5) is 2.63. The molecule has 2 aliphatic rings. The molecular weight excluding hydrogens is 208 g/mol. The number of rotatable bonds is 3. The molecule has 1 aliphatic heterocycles. The lowest BCUT2D eigenvalue weighted by Crippen LogP contribution is -2.46. The van der Waals surface area contributed by atoms with E-state index in [4.69, 9.17) is 5.73 Å². The molecule has 100 valence electrons. The summed E-state index contributed by atoms with van der Waals surface area (Å²) < 4.78 is 0. The Morgan fingerprint density at radius 1 is 0.941 bits per heavy atom. The lowest BCUT2D eigenvalue weighted by atomic mass is 9.79. The molecule has 0 spiro atoms. The number of piperidine rings is 1. The van der Waals surface area contributed by atoms with Gasteiger partial charge in [-0.3, -0.25) is 0 Å². The minimum absolute atomic E-state index is 0.172. The number of hydrogen-bond acceptors (Lipinski definition) is 2. The van der Waals surface area contributed by atoms with Gasteiger partial charge in [0.05, 0.1) is 0 Å². The van der Waals surface area contributed by atoms with Crippen LogP contribution in [0.3, 0.4) is 0 Å². The zero-order chi connectivity index (χ0) is 12.4. The van der Waals surface area contributed by atoms with Gasteiger partial charge in [0.1, 0.15) is 0 Å². The van der Waals surface area contributed by atoms with Crippen LogP contribution in [-0.2, 0) is 0 Å². The Hall–Kier alpha value is -0.0800. The van der Waals surface area contributed by atoms with E-state index in [2.05, 4.69) is 18.7 Å². The van der Waals surface area contributed by atoms with Crippen molar-refractivity contribution in [3.63, 3.8) is 0 Å². The molecule has 2 N–H and O–H groups in total. The average molecular weight is 238 g/mol. The van der Waals surface area contributed by atoms with Crippen molar-refractivity contribution >= 4 is 0 Å². The Bertz CT molecular complexity index is 231. The molecule has 1 saturated heterocycles. The lowest BCUT2D eigenvalue weighted by molar-refractivity contribution is 0.118. The maximum absolute atomic E-state index is 6.50. The first-order valence-electron chi connectivity index (χ1n) is 7.51. The van der Waals surface area contributed by atoms with Gasteiger partial charge in [0.2, 0.25) is 0 Å². The van der Waals surface area contributed by atoms with Crippen LogP contribution in [0.25, 0.3) is 0 Å². The van der Waals surface area contributed by atoms with Crippen molar-refractivity contribution in [1.29, 1.82) is 0 Å². The van der Waals surface area contributed by atoms with Gasteiger partial charge in [0.15, 0.2) is 0 Å². The van der Waals surface area contributed by atoms with Gasteiger partial charge in [-0.05, 0) is 57.2 Å². The van der Waals surface area contributed by atoms with Crippen molar-refractivity contribution < 1.29 is 0 Å². The predicted molar refractivity (Wildman–Crippen MR) is 74.1 cm³/mol. The van der Waals surface area contributed by atoms with Crippen molar-refractivity contribution in [2.24, 2.45) is 11.1 Å². The molecule has 0 bridgehead atoms. The minimum Gasteiger partial charge on any atom is -0.325 e. The van der Waals surface area contributed by atoms with Crippen LogP contribution in [0.2, 0.25) is 0 Å². The van der Waals surface area contributed by atoms with Gasteiger partial charge >= 0.3 is 0 Å². The molecule has 0 amide bonds. The monoisotopic (exact) mass is 238 g/mol. The molecule has 1 saturated carbocycles. The first-order chi connectivity index (χ1) is 7.99. The average Bonchev–Trinajstić information content (AvgIpc) is 2.29. The van der Waals surface area contributed by atoms with E-state index in [-0.39, 0.29) is 5.54 Å². The molecule has 0 aromatic rings. The third-order valence-electron chi connectivity index (χ3n) is 4.98. The van der Waals surface area contributed by atoms with Gasteiger partial charge in [-0.2, -0.15) is 0 Å². The Labute approximate surface area is 107 Å². The molecule has 1 heterocycles. The molecule has 2 rings (SSSR count). The van der Waals surface area contributed by atoms with E-state index in [1.165, 1.54) is 71.0 Å². The third-order valence-corrected chi connectivity index (χ3v) is 4.98. The number of nitrogens with two attached hydrogens (primary N) is 1. The molecular formula is C15H30N2. The second-order valence-electron chi connectivity index (χ2n) is 7.18. The first-order valence-corrected chi connectivity index (χ1v) is 7.51. The summed E-state index contributed by atoms with van der Waals surface area (Å²) in [6.07, 6.45) is 10.5. The van der Waals surface area contributed by atoms with Gasteiger partial charge in [0, 0.05) is 5.54 Å². The number of likely N-dealkylation sites (tertiary alicyclic amines) is 1. The van der Waals surface area contributed by atoms with E-state index in [9.17, 15) is 0 Å². The van der Waals surface area contributed by atoms with Crippen molar-refractivity contribution in [3.8, 4) is 0 Å². The molecule has 0 unspecified atom stereocenters. The van der Waals surface area contributed by atoms with E-state index in [1.54, 1.807) is 0 Å². The van der Waals surface area contributed by atoms with Crippen LogP contribution in [0.1, 0.15) is 65.2 Å². The standard InChI is InChI=1S/C15H30N2/c1-14(2)8-11-17(12-9-14)13-10-15(16)6-4-3-5-7-15/h3-13,16H2,1-2H3. The highest BCUT2D eigenvalue weighted by Gasteiger charge is 2.30. The number of hydrogen-bond donors (Lipinski definition) is 1. The van der Waals surface area contributed by atoms with E-state index in [0.29, 0.717) is 5.41 Å². The third kappa shape index (κ3) is 3.96. The molecule has 2 fully saturated rings. The van der Waals surface area contributed by atoms with Crippen LogP contribution in [0, 0.1) is 5.41 Å². The van der Waals surface area contributed by atoms with Gasteiger partial charge in [-0.15, -0.1) is 0 Å². The van der Waals surface area contributed by atoms with E-state index < -0.39 is 0 Å². The Balaban J connectivity index is 1.71. The van der Waals surface area contributed by atoms with Crippen molar-refractivity contribution in [2.75, 3.05) is 19.6 Å². The summed E-state index contributed by atoms with van der Waals surface area (Å²) in [6.45, 7) is 8.59. The minimum atomic E-state index is 0.172. The second-order valence-corrected chi connectivity index (χ2v) is 7.18. The molecule has 0 atom stereocenters. The van der Waals surface area contributed by atoms with Crippen LogP contribution >= 0.6 is 0 Å². The molecule has 0 radical (unpaired) electrons. The maximum Gasteiger partial charge on any atom is 0.0166 e. The van der Waals surface area contributed by atoms with Crippen LogP contribution in [0.4, 0.5) is 0 Å². The second kappa shape index (κ2) is 5.27. The van der Waals surface area contributed by atoms with Gasteiger partial charge < -0.3 is 10.6 Å². The Kier molecular flexibility index (Phi) is 4.14. The quantitative estimate of drug-likeness (QED) is 0.818. The summed E-state index contributed by atoms with van der Waals surface area (Å²) >= 11 is 0. The molecule has 2 nitrogen and oxygen atoms in total. The van der Waals surface area contributed by atoms with E-state index in [0.717, 1.165) is 0 Å². The largest absolute Gasteiger partial charge is 0.325 e. The van der Waals surface area contributed by atoms with E-state index >= 15 is 0 Å². The van der Waals surface area contributed by atoms with Crippen LogP contribution in [-0.4, -0.2) is 30.1 Å². The predicted octanol–water partition coefficient (Wildman–Crippen LogP) is 3.16. The van der Waals surface area contributed by atoms with E-state index in [1.807, 2.05) is 0 Å². The first kappa shape index (κ1) is 13.4. The fraction of sp³-hybridized carbons (Fsp3) is 1.00. The fourth-order valence-corrected chi connectivity index (χ4v) is 3.27. The normalized spacial score (nSPS) is 29.1. The lowest BCUT2D eigenvalue weighted by Gasteiger charge is -2.40. The summed E-state index contributed by atoms with van der Waals surface area (Å²) in [5, 5.41) is 0. The van der Waals surface area contributed by atoms with Gasteiger partial charge in [-0.1, -0.05) is 33.1 Å². The van der Waals surface area contributed by atoms with Crippen molar-refractivity contribution in [2.45, 2.75) is 70.8 Å². The van der Waals surface area contributed by atoms with Gasteiger partial charge in [-0.25, -0.2) is 0 Å². The molecule has 0 aromatic heterocycles. The zero-order valence-corrected chi connectivity index (χ0v) is 11.8. The van der Waals surface area contributed by atoms with Gasteiger partial charge in [0.25, 0.3) is 0 Å². The highest BCUT2D eigenvalue weighted by molar-refractivity contribution is 4.89. The zero-order valence-electron chi connectivity index (χ0n) is 11.8. The maximum atomic E-state index is 6.50. The Morgan fingerprint density at radius 3 is 2.12 bits per heavy atom. The fourth-order valence-electron chi connectivity index (χ4n) is 3.27. The van der Waals surface area contributed by atoms with Crippen molar-refractivity contribution in [3.05, 3.63) is 0 Å².